The van der Waals surface area contributed by atoms with Gasteiger partial charge in [-0.05, 0) is 24.6 Å². The minimum absolute atomic E-state index is 0.310. The molecule has 108 valence electrons. The maximum Gasteiger partial charge on any atom is 0.395 e. The van der Waals surface area contributed by atoms with Crippen molar-refractivity contribution in [3.05, 3.63) is 66.2 Å². The number of para-hydroxylation sites is 1. The molecule has 0 aliphatic rings. The van der Waals surface area contributed by atoms with Crippen molar-refractivity contribution in [2.24, 2.45) is 0 Å². The van der Waals surface area contributed by atoms with Crippen LogP contribution in [0.15, 0.2) is 60.7 Å². The Hall–Kier alpha value is -1.97. The Morgan fingerprint density at radius 3 is 1.65 bits per heavy atom. The molecule has 0 fully saturated rings. The van der Waals surface area contributed by atoms with Gasteiger partial charge in [0.05, 0.1) is 5.92 Å². The number of hydrogen-bond donors (Lipinski definition) is 1. The zero-order valence-corrected chi connectivity index (χ0v) is 11.5. The quantitative estimate of drug-likeness (QED) is 0.809. The highest BCUT2D eigenvalue weighted by Gasteiger charge is 2.36. The highest BCUT2D eigenvalue weighted by molar-refractivity contribution is 5.41. The van der Waals surface area contributed by atoms with Crippen LogP contribution >= 0.6 is 0 Å². The SMILES string of the molecule is CC(c1ccccc1)C(F)(F)F.CNc1ccccc1. The second-order valence-corrected chi connectivity index (χ2v) is 4.29. The second kappa shape index (κ2) is 7.58. The summed E-state index contributed by atoms with van der Waals surface area (Å²) in [5, 5.41) is 3.03. The van der Waals surface area contributed by atoms with Crippen LogP contribution in [-0.4, -0.2) is 13.2 Å². The van der Waals surface area contributed by atoms with Crippen LogP contribution in [0.4, 0.5) is 18.9 Å². The first-order valence-electron chi connectivity index (χ1n) is 6.29. The average Bonchev–Trinajstić information content (AvgIpc) is 2.48. The third-order valence-corrected chi connectivity index (χ3v) is 2.85. The molecule has 1 nitrogen and oxygen atoms in total. The summed E-state index contributed by atoms with van der Waals surface area (Å²) < 4.78 is 36.4. The first-order chi connectivity index (χ1) is 9.45. The summed E-state index contributed by atoms with van der Waals surface area (Å²) >= 11 is 0. The Labute approximate surface area is 117 Å². The number of anilines is 1. The lowest BCUT2D eigenvalue weighted by Gasteiger charge is -2.15. The van der Waals surface area contributed by atoms with Gasteiger partial charge in [0.1, 0.15) is 0 Å². The van der Waals surface area contributed by atoms with E-state index in [1.165, 1.54) is 12.1 Å². The first-order valence-corrected chi connectivity index (χ1v) is 6.29. The monoisotopic (exact) mass is 281 g/mol. The van der Waals surface area contributed by atoms with E-state index in [2.05, 4.69) is 5.32 Å². The number of alkyl halides is 3. The Kier molecular flexibility index (Phi) is 6.10. The van der Waals surface area contributed by atoms with Gasteiger partial charge in [-0.2, -0.15) is 13.2 Å². The molecule has 1 N–H and O–H groups in total. The molecule has 2 aromatic rings. The van der Waals surface area contributed by atoms with Gasteiger partial charge in [-0.3, -0.25) is 0 Å². The highest BCUT2D eigenvalue weighted by atomic mass is 19.4. The van der Waals surface area contributed by atoms with E-state index in [-0.39, 0.29) is 0 Å². The molecule has 0 radical (unpaired) electrons. The Bertz CT molecular complexity index is 480. The molecule has 0 amide bonds. The number of nitrogens with one attached hydrogen (secondary N) is 1. The van der Waals surface area contributed by atoms with Gasteiger partial charge >= 0.3 is 6.18 Å². The van der Waals surface area contributed by atoms with Crippen LogP contribution in [0.2, 0.25) is 0 Å². The van der Waals surface area contributed by atoms with Gasteiger partial charge in [-0.15, -0.1) is 0 Å². The van der Waals surface area contributed by atoms with E-state index in [1.54, 1.807) is 18.2 Å². The molecule has 0 bridgehead atoms. The van der Waals surface area contributed by atoms with Gasteiger partial charge in [0.15, 0.2) is 0 Å². The molecule has 0 aliphatic carbocycles. The molecule has 0 aromatic heterocycles. The van der Waals surface area contributed by atoms with Crippen LogP contribution in [0, 0.1) is 0 Å². The molecule has 0 aliphatic heterocycles. The van der Waals surface area contributed by atoms with Gasteiger partial charge in [0.25, 0.3) is 0 Å². The van der Waals surface area contributed by atoms with E-state index in [0.717, 1.165) is 12.6 Å². The van der Waals surface area contributed by atoms with E-state index in [9.17, 15) is 13.2 Å². The summed E-state index contributed by atoms with van der Waals surface area (Å²) in [6.07, 6.45) is -4.14. The normalized spacial score (nSPS) is 12.1. The number of hydrogen-bond acceptors (Lipinski definition) is 1. The smallest absolute Gasteiger partial charge is 0.388 e. The highest BCUT2D eigenvalue weighted by Crippen LogP contribution is 2.33. The van der Waals surface area contributed by atoms with Gasteiger partial charge in [-0.1, -0.05) is 48.5 Å². The topological polar surface area (TPSA) is 12.0 Å². The summed E-state index contributed by atoms with van der Waals surface area (Å²) in [6, 6.07) is 18.0. The van der Waals surface area contributed by atoms with Crippen molar-refractivity contribution < 1.29 is 13.2 Å². The predicted molar refractivity (Wildman–Crippen MR) is 76.9 cm³/mol. The molecule has 2 rings (SSSR count). The largest absolute Gasteiger partial charge is 0.395 e. The molecule has 2 aromatic carbocycles. The molecule has 1 unspecified atom stereocenters. The fourth-order valence-electron chi connectivity index (χ4n) is 1.54. The van der Waals surface area contributed by atoms with Crippen LogP contribution in [0.1, 0.15) is 18.4 Å². The fraction of sp³-hybridized carbons (Fsp3) is 0.250. The third-order valence-electron chi connectivity index (χ3n) is 2.85. The van der Waals surface area contributed by atoms with Crippen LogP contribution in [0.3, 0.4) is 0 Å². The van der Waals surface area contributed by atoms with Crippen molar-refractivity contribution in [3.8, 4) is 0 Å². The Morgan fingerprint density at radius 2 is 1.30 bits per heavy atom. The molecule has 0 heterocycles. The van der Waals surface area contributed by atoms with Gasteiger partial charge in [0.2, 0.25) is 0 Å². The van der Waals surface area contributed by atoms with Crippen molar-refractivity contribution >= 4 is 5.69 Å². The van der Waals surface area contributed by atoms with Crippen molar-refractivity contribution in [1.29, 1.82) is 0 Å². The summed E-state index contributed by atoms with van der Waals surface area (Å²) in [6.45, 7) is 1.16. The molecule has 0 saturated carbocycles. The third kappa shape index (κ3) is 5.34. The van der Waals surface area contributed by atoms with E-state index in [0.29, 0.717) is 5.56 Å². The number of benzene rings is 2. The lowest BCUT2D eigenvalue weighted by Crippen LogP contribution is -2.17. The van der Waals surface area contributed by atoms with Crippen molar-refractivity contribution in [2.75, 3.05) is 12.4 Å². The fourth-order valence-corrected chi connectivity index (χ4v) is 1.54. The molecular formula is C16H18F3N. The van der Waals surface area contributed by atoms with Crippen LogP contribution in [0.25, 0.3) is 0 Å². The minimum atomic E-state index is -4.14. The lowest BCUT2D eigenvalue weighted by molar-refractivity contribution is -0.146. The lowest BCUT2D eigenvalue weighted by atomic mass is 10.0. The minimum Gasteiger partial charge on any atom is -0.388 e. The molecule has 0 saturated heterocycles. The van der Waals surface area contributed by atoms with Gasteiger partial charge in [-0.25, -0.2) is 0 Å². The predicted octanol–water partition coefficient (Wildman–Crippen LogP) is 5.08. The standard InChI is InChI=1S/C9H9F3.C7H9N/c1-7(9(10,11)12)8-5-3-2-4-6-8;1-8-7-5-3-2-4-6-7/h2-7H,1H3;2-6,8H,1H3. The Balaban J connectivity index is 0.000000217. The number of rotatable bonds is 2. The summed E-state index contributed by atoms with van der Waals surface area (Å²) in [5.74, 6) is -1.38. The Morgan fingerprint density at radius 1 is 0.850 bits per heavy atom. The van der Waals surface area contributed by atoms with Crippen molar-refractivity contribution in [3.63, 3.8) is 0 Å². The summed E-state index contributed by atoms with van der Waals surface area (Å²) in [7, 11) is 1.91. The number of halogens is 3. The van der Waals surface area contributed by atoms with Crippen molar-refractivity contribution in [2.45, 2.75) is 19.0 Å². The van der Waals surface area contributed by atoms with Crippen LogP contribution in [-0.2, 0) is 0 Å². The van der Waals surface area contributed by atoms with Crippen molar-refractivity contribution in [1.82, 2.24) is 0 Å². The molecular weight excluding hydrogens is 263 g/mol. The van der Waals surface area contributed by atoms with Crippen LogP contribution in [0.5, 0.6) is 0 Å². The maximum absolute atomic E-state index is 12.1. The van der Waals surface area contributed by atoms with Gasteiger partial charge < -0.3 is 5.32 Å². The average molecular weight is 281 g/mol. The maximum atomic E-state index is 12.1. The van der Waals surface area contributed by atoms with E-state index in [4.69, 9.17) is 0 Å². The molecule has 1 atom stereocenters. The van der Waals surface area contributed by atoms with Gasteiger partial charge in [0, 0.05) is 12.7 Å². The molecule has 0 spiro atoms. The second-order valence-electron chi connectivity index (χ2n) is 4.29. The van der Waals surface area contributed by atoms with E-state index in [1.807, 2.05) is 37.4 Å². The van der Waals surface area contributed by atoms with Crippen LogP contribution < -0.4 is 5.32 Å². The molecule has 20 heavy (non-hydrogen) atoms. The summed E-state index contributed by atoms with van der Waals surface area (Å²) in [4.78, 5) is 0. The zero-order chi connectivity index (χ0) is 15.0. The molecule has 4 heteroatoms. The van der Waals surface area contributed by atoms with E-state index >= 15 is 0 Å². The van der Waals surface area contributed by atoms with E-state index < -0.39 is 12.1 Å². The summed E-state index contributed by atoms with van der Waals surface area (Å²) in [5.41, 5.74) is 1.47. The zero-order valence-electron chi connectivity index (χ0n) is 11.5. The first kappa shape index (κ1) is 16.1.